The van der Waals surface area contributed by atoms with Crippen molar-refractivity contribution in [2.24, 2.45) is 0 Å². The molecule has 4 heteroatoms. The number of benzene rings is 24. The molecule has 0 fully saturated rings. The molecule has 0 aliphatic rings. The summed E-state index contributed by atoms with van der Waals surface area (Å²) >= 11 is 0. The van der Waals surface area contributed by atoms with Gasteiger partial charge in [0.25, 0.3) is 0 Å². The Labute approximate surface area is 791 Å². The molecule has 136 heavy (non-hydrogen) atoms. The first-order valence-corrected chi connectivity index (χ1v) is 46.2. The van der Waals surface area contributed by atoms with Gasteiger partial charge in [0.05, 0.1) is 6.85 Å². The van der Waals surface area contributed by atoms with Crippen LogP contribution in [0.5, 0.6) is 0 Å². The van der Waals surface area contributed by atoms with Gasteiger partial charge in [-0.2, -0.15) is 0 Å². The first-order valence-electron chi connectivity index (χ1n) is 48.7. The fourth-order valence-corrected chi connectivity index (χ4v) is 21.4. The number of rotatable bonds is 11. The van der Waals surface area contributed by atoms with Crippen molar-refractivity contribution in [3.63, 3.8) is 0 Å². The van der Waals surface area contributed by atoms with Crippen molar-refractivity contribution in [3.05, 3.63) is 497 Å². The highest BCUT2D eigenvalue weighted by Gasteiger charge is 2.26. The van der Waals surface area contributed by atoms with Crippen molar-refractivity contribution in [1.29, 1.82) is 0 Å². The summed E-state index contributed by atoms with van der Waals surface area (Å²) in [5, 5.41) is 22.3. The van der Waals surface area contributed by atoms with Crippen LogP contribution in [0.15, 0.2) is 515 Å². The highest BCUT2D eigenvalue weighted by atomic mass is 16.3. The van der Waals surface area contributed by atoms with Gasteiger partial charge in [0, 0.05) is 54.2 Å². The summed E-state index contributed by atoms with van der Waals surface area (Å²) in [4.78, 5) is 0. The Morgan fingerprint density at radius 3 is 0.787 bits per heavy atom. The predicted octanol–water partition coefficient (Wildman–Crippen LogP) is 37.9. The topological polar surface area (TPSA) is 52.6 Å². The second kappa shape index (κ2) is 33.1. The lowest BCUT2D eigenvalue weighted by Gasteiger charge is -2.19. The van der Waals surface area contributed by atoms with Crippen LogP contribution >= 0.6 is 0 Å². The Bertz CT molecular complexity index is 9760. The molecule has 0 saturated carbocycles. The quantitative estimate of drug-likeness (QED) is 0.121. The summed E-state index contributed by atoms with van der Waals surface area (Å²) in [5.74, 6) is 0. The molecule has 28 rings (SSSR count). The maximum atomic E-state index is 8.95. The Morgan fingerprint density at radius 2 is 0.368 bits per heavy atom. The van der Waals surface area contributed by atoms with Crippen LogP contribution in [-0.4, -0.2) is 0 Å². The second-order valence-corrected chi connectivity index (χ2v) is 34.9. The van der Waals surface area contributed by atoms with Crippen molar-refractivity contribution in [2.45, 2.75) is 0 Å². The lowest BCUT2D eigenvalue weighted by atomic mass is 9.84. The van der Waals surface area contributed by atoms with E-state index in [9.17, 15) is 0 Å². The van der Waals surface area contributed by atoms with Crippen LogP contribution in [0.25, 0.3) is 275 Å². The van der Waals surface area contributed by atoms with E-state index in [-0.39, 0.29) is 29.7 Å². The van der Waals surface area contributed by atoms with Crippen LogP contribution in [0.4, 0.5) is 0 Å². The average Bonchev–Trinajstić information content (AvgIpc) is 1.63. The van der Waals surface area contributed by atoms with Crippen LogP contribution in [0, 0.1) is 0 Å². The van der Waals surface area contributed by atoms with E-state index in [1.165, 1.54) is 121 Å². The molecule has 0 atom stereocenters. The molecule has 4 nitrogen and oxygen atoms in total. The number of para-hydroxylation sites is 4. The van der Waals surface area contributed by atoms with E-state index in [4.69, 9.17) is 24.5 Å². The van der Waals surface area contributed by atoms with Gasteiger partial charge < -0.3 is 17.7 Å². The smallest absolute Gasteiger partial charge is 0.136 e. The Morgan fingerprint density at radius 1 is 0.125 bits per heavy atom. The summed E-state index contributed by atoms with van der Waals surface area (Å²) in [6, 6.07) is 163. The van der Waals surface area contributed by atoms with Gasteiger partial charge in [-0.3, -0.25) is 0 Å². The fraction of sp³-hybridized carbons (Fsp3) is 0. The minimum absolute atomic E-state index is 0.193. The highest BCUT2D eigenvalue weighted by molar-refractivity contribution is 6.26. The maximum absolute atomic E-state index is 8.95. The first-order chi connectivity index (χ1) is 69.6. The molecule has 0 spiro atoms. The first kappa shape index (κ1) is 73.8. The van der Waals surface area contributed by atoms with Gasteiger partial charge in [-0.05, 0) is 255 Å². The standard InChI is InChI=1S/C50H30O2.C44H28O.C38H24O/c1-2-13-31(14-3-1)47-38-18-4-6-20-40(38)48(41-21-7-5-19-39(41)47)33-15-12-16-34(29-33)49-35(27-28-45-50(49)42-22-9-11-24-44(42)51-45)32-25-26-37-36-17-8-10-23-43(36)52-46(37)30-32;1-3-14-29(15-4-1)41-34-20-7-9-22-36(34)42(37-23-10-8-21-35(37)41)32-19-13-18-31(28-32)33-26-27-40-44(38-24-11-12-25-39(38)45-40)43(33)30-16-5-2-6-17-30;1-2-11-25(12-3-1)37-30-16-4-6-18-32(30)38(33-19-7-5-17-31(33)37)28-14-10-13-26(23-28)27-21-22-36-34(24-27)29-15-8-9-20-35(29)39-36/h1-30H;1-28H;1-24H/i1D,2D,3D,13D,14D;;. The summed E-state index contributed by atoms with van der Waals surface area (Å²) in [5.41, 5.74) is 31.0. The molecule has 28 aromatic rings. The third-order valence-corrected chi connectivity index (χ3v) is 27.3. The van der Waals surface area contributed by atoms with E-state index < -0.39 is 6.04 Å². The van der Waals surface area contributed by atoms with Crippen LogP contribution in [0.3, 0.4) is 0 Å². The van der Waals surface area contributed by atoms with Crippen LogP contribution in [0.2, 0.25) is 0 Å². The SMILES string of the molecule is [2H]c1c([2H])c([2H])c(-c2c3ccccc3c(-c3cccc(-c4c(-c5ccc6c(c5)oc5ccccc56)ccc5oc6ccccc6c45)c3)c3ccccc23)c([2H])c1[2H].c1ccc(-c2c3ccccc3c(-c3cccc(-c4ccc5oc6ccccc6c5c4)c3)c3ccccc23)cc1.c1ccc(-c2c3ccccc3c(-c3cccc(-c4ccc5oc6ccccc6c5c4-c4ccccc4)c3)c3ccccc23)cc1. The van der Waals surface area contributed by atoms with E-state index in [2.05, 4.69) is 376 Å². The molecular weight excluding hydrogens is 1650 g/mol. The molecule has 634 valence electrons. The molecule has 0 bridgehead atoms. The molecule has 0 unspecified atom stereocenters. The molecule has 0 radical (unpaired) electrons. The molecule has 0 aliphatic carbocycles. The monoisotopic (exact) mass is 1740 g/mol. The Kier molecular flexibility index (Phi) is 18.0. The molecule has 0 N–H and O–H groups in total. The zero-order valence-electron chi connectivity index (χ0n) is 78.6. The van der Waals surface area contributed by atoms with E-state index >= 15 is 0 Å². The largest absolute Gasteiger partial charge is 0.456 e. The lowest BCUT2D eigenvalue weighted by Crippen LogP contribution is -1.92. The molecular formula is C132H82O4. The van der Waals surface area contributed by atoms with Gasteiger partial charge in [0.2, 0.25) is 0 Å². The third kappa shape index (κ3) is 13.4. The van der Waals surface area contributed by atoms with Gasteiger partial charge >= 0.3 is 0 Å². The third-order valence-electron chi connectivity index (χ3n) is 27.3. The lowest BCUT2D eigenvalue weighted by molar-refractivity contribution is 0.668. The Balaban J connectivity index is 0.000000111. The summed E-state index contributed by atoms with van der Waals surface area (Å²) in [6.07, 6.45) is 0. The number of hydrogen-bond acceptors (Lipinski definition) is 4. The second-order valence-electron chi connectivity index (χ2n) is 34.9. The summed E-state index contributed by atoms with van der Waals surface area (Å²) in [6.45, 7) is 0. The van der Waals surface area contributed by atoms with Crippen molar-refractivity contribution in [2.75, 3.05) is 0 Å². The van der Waals surface area contributed by atoms with Gasteiger partial charge in [-0.15, -0.1) is 0 Å². The van der Waals surface area contributed by atoms with Gasteiger partial charge in [-0.1, -0.05) is 418 Å². The normalized spacial score (nSPS) is 12.2. The minimum Gasteiger partial charge on any atom is -0.456 e. The molecule has 4 heterocycles. The number of fused-ring (bicyclic) bond motifs is 18. The minimum atomic E-state index is -0.409. The highest BCUT2D eigenvalue weighted by Crippen LogP contribution is 2.53. The molecule has 0 aliphatic heterocycles. The number of hydrogen-bond donors (Lipinski definition) is 0. The zero-order chi connectivity index (χ0) is 94.0. The summed E-state index contributed by atoms with van der Waals surface area (Å²) < 4.78 is 68.4. The van der Waals surface area contributed by atoms with Crippen LogP contribution in [0.1, 0.15) is 6.85 Å². The van der Waals surface area contributed by atoms with E-state index in [0.29, 0.717) is 5.56 Å². The van der Waals surface area contributed by atoms with Crippen molar-refractivity contribution < 1.29 is 24.5 Å². The zero-order valence-corrected chi connectivity index (χ0v) is 73.6. The van der Waals surface area contributed by atoms with Crippen molar-refractivity contribution in [1.82, 2.24) is 0 Å². The van der Waals surface area contributed by atoms with Gasteiger partial charge in [0.15, 0.2) is 0 Å². The van der Waals surface area contributed by atoms with E-state index in [0.717, 1.165) is 143 Å². The van der Waals surface area contributed by atoms with E-state index in [1.807, 2.05) is 91.0 Å². The number of furan rings is 4. The van der Waals surface area contributed by atoms with Crippen LogP contribution in [-0.2, 0) is 0 Å². The molecule has 0 saturated heterocycles. The van der Waals surface area contributed by atoms with Crippen LogP contribution < -0.4 is 0 Å². The Hall–Kier alpha value is -18.0. The summed E-state index contributed by atoms with van der Waals surface area (Å²) in [7, 11) is 0. The predicted molar refractivity (Wildman–Crippen MR) is 573 cm³/mol. The van der Waals surface area contributed by atoms with Crippen molar-refractivity contribution in [3.8, 4) is 122 Å². The fourth-order valence-electron chi connectivity index (χ4n) is 21.4. The molecule has 24 aromatic carbocycles. The van der Waals surface area contributed by atoms with Gasteiger partial charge in [0.1, 0.15) is 44.7 Å². The van der Waals surface area contributed by atoms with E-state index in [1.54, 1.807) is 0 Å². The average molecular weight is 1740 g/mol. The maximum Gasteiger partial charge on any atom is 0.136 e. The van der Waals surface area contributed by atoms with Crippen molar-refractivity contribution >= 4 is 152 Å². The van der Waals surface area contributed by atoms with Gasteiger partial charge in [-0.25, -0.2) is 0 Å². The molecule has 4 aromatic heterocycles. The molecule has 0 amide bonds.